The molecule has 9 heteroatoms. The Balaban J connectivity index is 1.49. The molecule has 4 N–H and O–H groups in total. The largest absolute Gasteiger partial charge is 0.399 e. The zero-order valence-corrected chi connectivity index (χ0v) is 24.8. The summed E-state index contributed by atoms with van der Waals surface area (Å²) in [5.74, 6) is 0.727. The highest BCUT2D eigenvalue weighted by Gasteiger charge is 2.17. The van der Waals surface area contributed by atoms with Gasteiger partial charge in [-0.25, -0.2) is 15.0 Å². The minimum Gasteiger partial charge on any atom is -0.399 e. The molecule has 0 saturated heterocycles. The Bertz CT molecular complexity index is 1680. The second-order valence-electron chi connectivity index (χ2n) is 9.71. The molecular weight excluding hydrogens is 584 g/mol. The maximum atomic E-state index is 13.4. The lowest BCUT2D eigenvalue weighted by atomic mass is 10.1. The molecule has 0 aliphatic carbocycles. The van der Waals surface area contributed by atoms with E-state index in [-0.39, 0.29) is 17.9 Å². The van der Waals surface area contributed by atoms with Crippen molar-refractivity contribution in [2.75, 3.05) is 11.1 Å². The molecular formula is C31H29BrN6OS. The number of nitrogens with two attached hydrogens (primary N) is 1. The highest BCUT2D eigenvalue weighted by atomic mass is 79.9. The van der Waals surface area contributed by atoms with Crippen molar-refractivity contribution in [3.63, 3.8) is 0 Å². The average Bonchev–Trinajstić information content (AvgIpc) is 2.95. The van der Waals surface area contributed by atoms with E-state index in [9.17, 15) is 4.79 Å². The quantitative estimate of drug-likeness (QED) is 0.153. The molecule has 7 nitrogen and oxygen atoms in total. The number of rotatable bonds is 8. The average molecular weight is 614 g/mol. The number of benzene rings is 3. The molecule has 0 aliphatic heterocycles. The van der Waals surface area contributed by atoms with Gasteiger partial charge < -0.3 is 16.4 Å². The van der Waals surface area contributed by atoms with Crippen LogP contribution in [0.4, 0.5) is 17.2 Å². The van der Waals surface area contributed by atoms with Crippen LogP contribution in [0.2, 0.25) is 0 Å². The fraction of sp³-hybridized carbons (Fsp3) is 0.161. The highest BCUT2D eigenvalue weighted by Crippen LogP contribution is 2.37. The van der Waals surface area contributed by atoms with Gasteiger partial charge in [-0.2, -0.15) is 0 Å². The summed E-state index contributed by atoms with van der Waals surface area (Å²) in [7, 11) is 0. The first-order valence-corrected chi connectivity index (χ1v) is 14.5. The summed E-state index contributed by atoms with van der Waals surface area (Å²) in [6, 6.07) is 25.0. The summed E-state index contributed by atoms with van der Waals surface area (Å²) in [6.07, 6.45) is 1.50. The van der Waals surface area contributed by atoms with E-state index in [2.05, 4.69) is 50.4 Å². The molecule has 0 bridgehead atoms. The molecule has 2 heterocycles. The first-order chi connectivity index (χ1) is 19.3. The van der Waals surface area contributed by atoms with Gasteiger partial charge in [0.1, 0.15) is 12.1 Å². The molecule has 5 aromatic rings. The van der Waals surface area contributed by atoms with E-state index in [1.54, 1.807) is 11.8 Å². The molecule has 202 valence electrons. The number of carbonyl (C=O) groups is 1. The molecule has 0 radical (unpaired) electrons. The minimum absolute atomic E-state index is 0.175. The Kier molecular flexibility index (Phi) is 8.32. The van der Waals surface area contributed by atoms with E-state index in [4.69, 9.17) is 10.7 Å². The maximum absolute atomic E-state index is 13.4. The van der Waals surface area contributed by atoms with Crippen LogP contribution in [0, 0.1) is 0 Å². The van der Waals surface area contributed by atoms with Gasteiger partial charge in [0.15, 0.2) is 5.65 Å². The summed E-state index contributed by atoms with van der Waals surface area (Å²) < 4.78 is 0.949. The van der Waals surface area contributed by atoms with Crippen LogP contribution in [0.15, 0.2) is 99.5 Å². The predicted molar refractivity (Wildman–Crippen MR) is 166 cm³/mol. The zero-order chi connectivity index (χ0) is 28.2. The van der Waals surface area contributed by atoms with Crippen molar-refractivity contribution < 1.29 is 4.79 Å². The summed E-state index contributed by atoms with van der Waals surface area (Å²) in [6.45, 7) is 6.17. The Labute approximate surface area is 246 Å². The van der Waals surface area contributed by atoms with Crippen molar-refractivity contribution in [2.45, 2.75) is 42.5 Å². The normalized spacial score (nSPS) is 11.9. The highest BCUT2D eigenvalue weighted by molar-refractivity contribution is 9.10. The smallest absolute Gasteiger partial charge is 0.251 e. The van der Waals surface area contributed by atoms with Crippen molar-refractivity contribution in [3.05, 3.63) is 106 Å². The van der Waals surface area contributed by atoms with Gasteiger partial charge in [-0.3, -0.25) is 4.79 Å². The molecule has 2 aromatic heterocycles. The molecule has 1 atom stereocenters. The molecule has 0 spiro atoms. The third-order valence-corrected chi connectivity index (χ3v) is 8.24. The molecule has 0 fully saturated rings. The van der Waals surface area contributed by atoms with Crippen molar-refractivity contribution in [2.24, 2.45) is 0 Å². The molecule has 5 rings (SSSR count). The summed E-state index contributed by atoms with van der Waals surface area (Å²) in [5, 5.41) is 7.37. The van der Waals surface area contributed by atoms with E-state index < -0.39 is 0 Å². The molecule has 40 heavy (non-hydrogen) atoms. The third-order valence-electron chi connectivity index (χ3n) is 6.43. The molecule has 0 saturated carbocycles. The maximum Gasteiger partial charge on any atom is 0.251 e. The Morgan fingerprint density at radius 2 is 1.73 bits per heavy atom. The van der Waals surface area contributed by atoms with E-state index >= 15 is 0 Å². The summed E-state index contributed by atoms with van der Waals surface area (Å²) in [5.41, 5.74) is 10.5. The summed E-state index contributed by atoms with van der Waals surface area (Å²) >= 11 is 5.15. The van der Waals surface area contributed by atoms with Crippen LogP contribution < -0.4 is 16.4 Å². The van der Waals surface area contributed by atoms with Gasteiger partial charge >= 0.3 is 0 Å². The molecule has 1 amide bonds. The van der Waals surface area contributed by atoms with Gasteiger partial charge in [0.25, 0.3) is 5.91 Å². The van der Waals surface area contributed by atoms with Crippen molar-refractivity contribution in [3.8, 4) is 0 Å². The van der Waals surface area contributed by atoms with Crippen LogP contribution in [0.3, 0.4) is 0 Å². The molecule has 0 unspecified atom stereocenters. The number of carbonyl (C=O) groups excluding carboxylic acids is 1. The minimum atomic E-state index is -0.185. The number of anilines is 3. The van der Waals surface area contributed by atoms with Gasteiger partial charge in [0.05, 0.1) is 17.1 Å². The number of hydrogen-bond acceptors (Lipinski definition) is 7. The van der Waals surface area contributed by atoms with Crippen molar-refractivity contribution >= 4 is 61.8 Å². The topological polar surface area (TPSA) is 106 Å². The fourth-order valence-corrected chi connectivity index (χ4v) is 5.72. The Morgan fingerprint density at radius 3 is 2.48 bits per heavy atom. The Morgan fingerprint density at radius 1 is 0.950 bits per heavy atom. The van der Waals surface area contributed by atoms with Gasteiger partial charge in [0, 0.05) is 31.2 Å². The first kappa shape index (κ1) is 27.6. The number of halogens is 1. The Hall–Kier alpha value is -3.95. The van der Waals surface area contributed by atoms with E-state index in [0.717, 1.165) is 36.6 Å². The predicted octanol–water partition coefficient (Wildman–Crippen LogP) is 7.88. The number of aromatic nitrogens is 3. The number of amides is 1. The van der Waals surface area contributed by atoms with Crippen molar-refractivity contribution in [1.29, 1.82) is 0 Å². The molecule has 3 aromatic carbocycles. The lowest BCUT2D eigenvalue weighted by Crippen LogP contribution is -2.26. The standard InChI is InChI=1S/C31H29BrN6OS/c1-18(2)26-14-13-24-29(37-26)34-17-35-30(24)38-27-16-20(8-15-28(27)40-22-11-9-21(33)10-12-22)31(39)36-19(3)23-6-4-5-7-25(23)32/h4-19H,33H2,1-3H3,(H,36,39)(H,34,35,37,38)/t19-/m0/s1. The number of nitrogen functional groups attached to an aromatic ring is 1. The molecule has 0 aliphatic rings. The number of nitrogens with zero attached hydrogens (tertiary/aromatic N) is 3. The summed E-state index contributed by atoms with van der Waals surface area (Å²) in [4.78, 5) is 28.9. The number of fused-ring (bicyclic) bond motifs is 1. The monoisotopic (exact) mass is 612 g/mol. The number of hydrogen-bond donors (Lipinski definition) is 3. The van der Waals surface area contributed by atoms with Crippen molar-refractivity contribution in [1.82, 2.24) is 20.3 Å². The van der Waals surface area contributed by atoms with Gasteiger partial charge in [-0.05, 0) is 79.1 Å². The lowest BCUT2D eigenvalue weighted by Gasteiger charge is -2.18. The van der Waals surface area contributed by atoms with Crippen LogP contribution in [0.5, 0.6) is 0 Å². The second kappa shape index (κ2) is 12.1. The third kappa shape index (κ3) is 6.26. The fourth-order valence-electron chi connectivity index (χ4n) is 4.21. The van der Waals surface area contributed by atoms with E-state index in [1.807, 2.05) is 85.8 Å². The van der Waals surface area contributed by atoms with E-state index in [0.29, 0.717) is 22.7 Å². The van der Waals surface area contributed by atoms with Crippen LogP contribution in [0.1, 0.15) is 54.3 Å². The van der Waals surface area contributed by atoms with Crippen LogP contribution in [-0.4, -0.2) is 20.9 Å². The van der Waals surface area contributed by atoms with Gasteiger partial charge in [-0.1, -0.05) is 59.7 Å². The second-order valence-corrected chi connectivity index (χ2v) is 11.7. The first-order valence-electron chi connectivity index (χ1n) is 12.9. The van der Waals surface area contributed by atoms with Gasteiger partial charge in [-0.15, -0.1) is 0 Å². The van der Waals surface area contributed by atoms with Crippen LogP contribution >= 0.6 is 27.7 Å². The SMILES string of the molecule is CC(C)c1ccc2c(Nc3cc(C(=O)N[C@@H](C)c4ccccc4Br)ccc3Sc3ccc(N)cc3)ncnc2n1. The van der Waals surface area contributed by atoms with Gasteiger partial charge in [0.2, 0.25) is 0 Å². The van der Waals surface area contributed by atoms with Crippen LogP contribution in [-0.2, 0) is 0 Å². The number of pyridine rings is 1. The number of nitrogens with one attached hydrogen (secondary N) is 2. The van der Waals surface area contributed by atoms with E-state index in [1.165, 1.54) is 6.33 Å². The lowest BCUT2D eigenvalue weighted by molar-refractivity contribution is 0.0939. The van der Waals surface area contributed by atoms with Crippen LogP contribution in [0.25, 0.3) is 11.0 Å². The zero-order valence-electron chi connectivity index (χ0n) is 22.4.